The molecule has 7 unspecified atom stereocenters. The van der Waals surface area contributed by atoms with E-state index in [0.29, 0.717) is 18.0 Å². The standard InChI is InChI=1S/C33H37FN4O3S/c1-19-11-13-35-30(37-19)42-18-28(40)33(41)12-10-25-24-9-4-21-14-26-20(17-36-38(26)23-7-5-22(34)6-8-23)15-31(21,2)29(24)27(39)16-32(25,33)3/h5-8,11,13-14,17,24-25,27,29,39,41H,4,9-10,12,15-16,18H2,1-3H3. The van der Waals surface area contributed by atoms with E-state index in [1.54, 1.807) is 18.3 Å². The molecule has 220 valence electrons. The van der Waals surface area contributed by atoms with E-state index in [-0.39, 0.29) is 40.5 Å². The molecule has 7 rings (SSSR count). The van der Waals surface area contributed by atoms with Crippen molar-refractivity contribution in [3.63, 3.8) is 0 Å². The largest absolute Gasteiger partial charge is 0.393 e. The summed E-state index contributed by atoms with van der Waals surface area (Å²) in [7, 11) is 0. The Morgan fingerprint density at radius 3 is 2.74 bits per heavy atom. The first kappa shape index (κ1) is 27.9. The van der Waals surface area contributed by atoms with Gasteiger partial charge in [-0.25, -0.2) is 19.0 Å². The lowest BCUT2D eigenvalue weighted by Gasteiger charge is -2.60. The van der Waals surface area contributed by atoms with Gasteiger partial charge >= 0.3 is 0 Å². The molecule has 0 aliphatic heterocycles. The van der Waals surface area contributed by atoms with E-state index >= 15 is 0 Å². The van der Waals surface area contributed by atoms with Crippen LogP contribution in [0.5, 0.6) is 0 Å². The van der Waals surface area contributed by atoms with Crippen LogP contribution in [0.1, 0.15) is 62.9 Å². The lowest BCUT2D eigenvalue weighted by Crippen LogP contribution is -2.62. The number of nitrogens with zero attached hydrogens (tertiary/aromatic N) is 4. The van der Waals surface area contributed by atoms with Crippen molar-refractivity contribution in [2.45, 2.75) is 76.2 Å². The van der Waals surface area contributed by atoms with Crippen LogP contribution in [0.3, 0.4) is 0 Å². The predicted octanol–water partition coefficient (Wildman–Crippen LogP) is 5.36. The van der Waals surface area contributed by atoms with E-state index in [1.807, 2.05) is 30.8 Å². The van der Waals surface area contributed by atoms with Crippen LogP contribution in [0.4, 0.5) is 4.39 Å². The number of aromatic nitrogens is 4. The molecular weight excluding hydrogens is 551 g/mol. The van der Waals surface area contributed by atoms with Crippen LogP contribution < -0.4 is 0 Å². The monoisotopic (exact) mass is 588 g/mol. The number of allylic oxidation sites excluding steroid dienone is 1. The number of thioether (sulfide) groups is 1. The van der Waals surface area contributed by atoms with E-state index in [9.17, 15) is 19.4 Å². The number of fused-ring (bicyclic) bond motifs is 6. The quantitative estimate of drug-likeness (QED) is 0.306. The second-order valence-corrected chi connectivity index (χ2v) is 14.3. The SMILES string of the molecule is Cc1ccnc(SCC(=O)C2(O)CCC3C4CCC5=Cc6c(cnn6-c6ccc(F)cc6)CC5(C)C4C(O)CC32C)n1. The molecule has 0 saturated heterocycles. The summed E-state index contributed by atoms with van der Waals surface area (Å²) in [5, 5.41) is 29.1. The van der Waals surface area contributed by atoms with Gasteiger partial charge in [-0.3, -0.25) is 4.79 Å². The van der Waals surface area contributed by atoms with Crippen molar-refractivity contribution >= 4 is 23.6 Å². The summed E-state index contributed by atoms with van der Waals surface area (Å²) in [6.07, 6.45) is 9.38. The summed E-state index contributed by atoms with van der Waals surface area (Å²) in [6.45, 7) is 6.21. The van der Waals surface area contributed by atoms with Crippen LogP contribution in [-0.2, 0) is 11.2 Å². The first-order valence-corrected chi connectivity index (χ1v) is 15.9. The number of hydrogen-bond acceptors (Lipinski definition) is 7. The molecule has 42 heavy (non-hydrogen) atoms. The number of carbonyl (C=O) groups excluding carboxylic acids is 1. The summed E-state index contributed by atoms with van der Waals surface area (Å²) < 4.78 is 15.4. The second kappa shape index (κ2) is 9.82. The Morgan fingerprint density at radius 2 is 1.98 bits per heavy atom. The lowest BCUT2D eigenvalue weighted by atomic mass is 9.45. The summed E-state index contributed by atoms with van der Waals surface area (Å²) in [6, 6.07) is 8.20. The van der Waals surface area contributed by atoms with Crippen molar-refractivity contribution in [3.05, 3.63) is 71.1 Å². The minimum atomic E-state index is -1.48. The molecule has 3 fully saturated rings. The van der Waals surface area contributed by atoms with Gasteiger partial charge in [0.2, 0.25) is 0 Å². The number of hydrogen-bond donors (Lipinski definition) is 2. The average Bonchev–Trinajstić information content (AvgIpc) is 3.48. The average molecular weight is 589 g/mol. The molecule has 0 amide bonds. The number of carbonyl (C=O) groups is 1. The maximum atomic E-state index is 13.7. The molecule has 3 saturated carbocycles. The molecule has 2 aromatic heterocycles. The number of aliphatic hydroxyl groups is 2. The fourth-order valence-corrected chi connectivity index (χ4v) is 10.0. The summed E-state index contributed by atoms with van der Waals surface area (Å²) in [4.78, 5) is 22.3. The van der Waals surface area contributed by atoms with Crippen molar-refractivity contribution < 1.29 is 19.4 Å². The normalized spacial score (nSPS) is 35.0. The summed E-state index contributed by atoms with van der Waals surface area (Å²) in [5.41, 5.74) is 2.72. The van der Waals surface area contributed by atoms with Crippen LogP contribution >= 0.6 is 11.8 Å². The van der Waals surface area contributed by atoms with E-state index < -0.39 is 17.1 Å². The second-order valence-electron chi connectivity index (χ2n) is 13.3. The Hall–Kier alpha value is -2.88. The van der Waals surface area contributed by atoms with Crippen LogP contribution in [0, 0.1) is 41.3 Å². The van der Waals surface area contributed by atoms with E-state index in [4.69, 9.17) is 0 Å². The molecular formula is C33H37FN4O3S. The third-order valence-corrected chi connectivity index (χ3v) is 12.1. The topological polar surface area (TPSA) is 101 Å². The fourth-order valence-electron chi connectivity index (χ4n) is 9.18. The number of benzene rings is 1. The highest BCUT2D eigenvalue weighted by Crippen LogP contribution is 2.67. The van der Waals surface area contributed by atoms with Gasteiger partial charge in [-0.05, 0) is 111 Å². The highest BCUT2D eigenvalue weighted by molar-refractivity contribution is 7.99. The first-order valence-electron chi connectivity index (χ1n) is 14.9. The van der Waals surface area contributed by atoms with Crippen LogP contribution in [0.15, 0.2) is 53.5 Å². The zero-order valence-corrected chi connectivity index (χ0v) is 25.1. The zero-order chi connectivity index (χ0) is 29.4. The van der Waals surface area contributed by atoms with E-state index in [2.05, 4.69) is 28.1 Å². The van der Waals surface area contributed by atoms with Gasteiger partial charge < -0.3 is 10.2 Å². The molecule has 7 nitrogen and oxygen atoms in total. The molecule has 9 heteroatoms. The highest BCUT2D eigenvalue weighted by Gasteiger charge is 2.68. The Kier molecular flexibility index (Phi) is 6.53. The number of halogens is 1. The van der Waals surface area contributed by atoms with Gasteiger partial charge in [0.15, 0.2) is 10.9 Å². The Bertz CT molecular complexity index is 1590. The zero-order valence-electron chi connectivity index (χ0n) is 24.3. The predicted molar refractivity (Wildman–Crippen MR) is 158 cm³/mol. The van der Waals surface area contributed by atoms with E-state index in [0.717, 1.165) is 48.3 Å². The summed E-state index contributed by atoms with van der Waals surface area (Å²) >= 11 is 1.27. The number of Topliss-reactive ketones (excluding diaryl/α,β-unsaturated/α-hetero) is 1. The molecule has 0 radical (unpaired) electrons. The molecule has 4 aliphatic rings. The molecule has 4 aliphatic carbocycles. The molecule has 1 aromatic carbocycles. The Morgan fingerprint density at radius 1 is 1.19 bits per heavy atom. The molecule has 2 N–H and O–H groups in total. The van der Waals surface area contributed by atoms with Crippen molar-refractivity contribution in [2.24, 2.45) is 28.6 Å². The maximum absolute atomic E-state index is 13.7. The van der Waals surface area contributed by atoms with Gasteiger partial charge in [-0.15, -0.1) is 0 Å². The summed E-state index contributed by atoms with van der Waals surface area (Å²) in [5.74, 6) is 0.0438. The number of rotatable bonds is 5. The minimum Gasteiger partial charge on any atom is -0.393 e. The number of ketones is 1. The van der Waals surface area contributed by atoms with Crippen LogP contribution in [0.2, 0.25) is 0 Å². The third-order valence-electron chi connectivity index (χ3n) is 11.2. The lowest BCUT2D eigenvalue weighted by molar-refractivity contribution is -0.177. The van der Waals surface area contributed by atoms with Gasteiger partial charge in [0.05, 0.1) is 29.4 Å². The van der Waals surface area contributed by atoms with Crippen molar-refractivity contribution in [1.82, 2.24) is 19.7 Å². The maximum Gasteiger partial charge on any atom is 0.188 e. The van der Waals surface area contributed by atoms with Crippen molar-refractivity contribution in [1.29, 1.82) is 0 Å². The number of aryl methyl sites for hydroxylation is 1. The first-order chi connectivity index (χ1) is 20.0. The van der Waals surface area contributed by atoms with Gasteiger partial charge in [-0.1, -0.05) is 31.2 Å². The van der Waals surface area contributed by atoms with Crippen LogP contribution in [0.25, 0.3) is 11.8 Å². The van der Waals surface area contributed by atoms with Crippen LogP contribution in [-0.4, -0.2) is 53.2 Å². The van der Waals surface area contributed by atoms with Crippen molar-refractivity contribution in [3.8, 4) is 5.69 Å². The third kappa shape index (κ3) is 4.07. The molecule has 2 heterocycles. The fraction of sp³-hybridized carbons (Fsp3) is 0.515. The smallest absolute Gasteiger partial charge is 0.188 e. The highest BCUT2D eigenvalue weighted by atomic mass is 32.2. The minimum absolute atomic E-state index is 0.0328. The van der Waals surface area contributed by atoms with Gasteiger partial charge in [-0.2, -0.15) is 5.10 Å². The van der Waals surface area contributed by atoms with Gasteiger partial charge in [0.1, 0.15) is 11.4 Å². The van der Waals surface area contributed by atoms with Gasteiger partial charge in [0.25, 0.3) is 0 Å². The number of aliphatic hydroxyl groups excluding tert-OH is 1. The van der Waals surface area contributed by atoms with Crippen molar-refractivity contribution in [2.75, 3.05) is 5.75 Å². The molecule has 0 spiro atoms. The van der Waals surface area contributed by atoms with E-state index in [1.165, 1.54) is 29.5 Å². The Balaban J connectivity index is 1.15. The molecule has 3 aromatic rings. The Labute approximate surface area is 249 Å². The molecule has 7 atom stereocenters. The molecule has 0 bridgehead atoms. The van der Waals surface area contributed by atoms with Gasteiger partial charge in [0, 0.05) is 17.3 Å².